The van der Waals surface area contributed by atoms with Gasteiger partial charge in [0.05, 0.1) is 43.7 Å². The minimum absolute atomic E-state index is 0.230. The highest BCUT2D eigenvalue weighted by molar-refractivity contribution is 5.90. The molecular weight excluding hydrogens is 508 g/mol. The second-order valence-corrected chi connectivity index (χ2v) is 9.98. The molecule has 0 saturated carbocycles. The van der Waals surface area contributed by atoms with Crippen molar-refractivity contribution in [2.75, 3.05) is 58.5 Å². The third-order valence-corrected chi connectivity index (χ3v) is 7.17. The SMILES string of the molecule is COCCN1CC(NC(=O)Nc2c(C)c(OCC3COC3)nn2-c2ccccc2)C(c2ccc(F)c(F)c2)C1. The molecule has 9 nitrogen and oxygen atoms in total. The number of amides is 2. The van der Waals surface area contributed by atoms with Crippen molar-refractivity contribution in [3.8, 4) is 11.6 Å². The number of carbonyl (C=O) groups is 1. The van der Waals surface area contributed by atoms with E-state index in [1.54, 1.807) is 17.9 Å². The largest absolute Gasteiger partial charge is 0.476 e. The van der Waals surface area contributed by atoms with Gasteiger partial charge in [0.1, 0.15) is 5.82 Å². The number of benzene rings is 2. The Morgan fingerprint density at radius 2 is 1.92 bits per heavy atom. The van der Waals surface area contributed by atoms with Crippen molar-refractivity contribution in [1.82, 2.24) is 20.0 Å². The number of likely N-dealkylation sites (tertiary alicyclic amines) is 1. The number of nitrogens with one attached hydrogen (secondary N) is 2. The van der Waals surface area contributed by atoms with E-state index in [2.05, 4.69) is 20.6 Å². The first-order valence-corrected chi connectivity index (χ1v) is 13.0. The number of para-hydroxylation sites is 1. The molecule has 2 unspecified atom stereocenters. The number of anilines is 1. The van der Waals surface area contributed by atoms with Crippen LogP contribution in [0.4, 0.5) is 19.4 Å². The molecule has 208 valence electrons. The highest BCUT2D eigenvalue weighted by Crippen LogP contribution is 2.31. The van der Waals surface area contributed by atoms with Crippen molar-refractivity contribution < 1.29 is 27.8 Å². The van der Waals surface area contributed by atoms with Crippen molar-refractivity contribution in [3.63, 3.8) is 0 Å². The molecule has 11 heteroatoms. The highest BCUT2D eigenvalue weighted by atomic mass is 19.2. The van der Waals surface area contributed by atoms with Crippen LogP contribution in [-0.4, -0.2) is 79.9 Å². The summed E-state index contributed by atoms with van der Waals surface area (Å²) in [5.74, 6) is -0.796. The fourth-order valence-corrected chi connectivity index (χ4v) is 4.92. The second-order valence-electron chi connectivity index (χ2n) is 9.98. The van der Waals surface area contributed by atoms with Crippen molar-refractivity contribution in [3.05, 3.63) is 71.3 Å². The average molecular weight is 542 g/mol. The molecule has 3 heterocycles. The predicted octanol–water partition coefficient (Wildman–Crippen LogP) is 3.72. The van der Waals surface area contributed by atoms with Crippen LogP contribution >= 0.6 is 0 Å². The molecule has 2 aromatic carbocycles. The summed E-state index contributed by atoms with van der Waals surface area (Å²) in [5, 5.41) is 10.6. The molecule has 2 N–H and O–H groups in total. The first kappa shape index (κ1) is 27.0. The van der Waals surface area contributed by atoms with Gasteiger partial charge in [-0.3, -0.25) is 10.2 Å². The lowest BCUT2D eigenvalue weighted by Gasteiger charge is -2.25. The molecule has 3 aromatic rings. The molecule has 5 rings (SSSR count). The third kappa shape index (κ3) is 6.21. The van der Waals surface area contributed by atoms with Crippen LogP contribution in [0.5, 0.6) is 5.88 Å². The summed E-state index contributed by atoms with van der Waals surface area (Å²) >= 11 is 0. The summed E-state index contributed by atoms with van der Waals surface area (Å²) < 4.78 is 45.7. The Kier molecular flexibility index (Phi) is 8.39. The lowest BCUT2D eigenvalue weighted by atomic mass is 9.94. The van der Waals surface area contributed by atoms with Crippen molar-refractivity contribution in [1.29, 1.82) is 0 Å². The van der Waals surface area contributed by atoms with E-state index in [0.717, 1.165) is 11.8 Å². The zero-order valence-electron chi connectivity index (χ0n) is 22.0. The topological polar surface area (TPSA) is 89.9 Å². The monoisotopic (exact) mass is 541 g/mol. The summed E-state index contributed by atoms with van der Waals surface area (Å²) in [6.07, 6.45) is 0. The van der Waals surface area contributed by atoms with E-state index in [1.165, 1.54) is 6.07 Å². The van der Waals surface area contributed by atoms with Gasteiger partial charge in [0.2, 0.25) is 5.88 Å². The van der Waals surface area contributed by atoms with Crippen molar-refractivity contribution in [2.24, 2.45) is 5.92 Å². The standard InChI is InChI=1S/C28H33F2N5O4/c1-18-26(35(21-6-4-3-5-7-21)33-27(18)39-17-19-15-38-16-19)32-28(36)31-25-14-34(10-11-37-2)13-22(25)20-8-9-23(29)24(30)12-20/h3-9,12,19,22,25H,10-11,13-17H2,1-2H3,(H2,31,32,36). The van der Waals surface area contributed by atoms with Gasteiger partial charge in [-0.15, -0.1) is 5.10 Å². The van der Waals surface area contributed by atoms with Crippen LogP contribution in [0.25, 0.3) is 5.69 Å². The number of carbonyl (C=O) groups excluding carboxylic acids is 1. The number of halogens is 2. The molecule has 2 saturated heterocycles. The maximum Gasteiger partial charge on any atom is 0.320 e. The Bertz CT molecular complexity index is 1280. The second kappa shape index (κ2) is 12.1. The molecule has 2 aliphatic rings. The van der Waals surface area contributed by atoms with Crippen LogP contribution in [0, 0.1) is 24.5 Å². The predicted molar refractivity (Wildman–Crippen MR) is 141 cm³/mol. The number of urea groups is 1. The molecule has 1 aromatic heterocycles. The van der Waals surface area contributed by atoms with Crippen LogP contribution in [0.3, 0.4) is 0 Å². The number of nitrogens with zero attached hydrogens (tertiary/aromatic N) is 3. The van der Waals surface area contributed by atoms with Gasteiger partial charge in [-0.05, 0) is 36.8 Å². The van der Waals surface area contributed by atoms with E-state index >= 15 is 0 Å². The fraction of sp³-hybridized carbons (Fsp3) is 0.429. The summed E-state index contributed by atoms with van der Waals surface area (Å²) in [6.45, 7) is 5.94. The Morgan fingerprint density at radius 3 is 2.62 bits per heavy atom. The molecule has 2 fully saturated rings. The molecule has 39 heavy (non-hydrogen) atoms. The van der Waals surface area contributed by atoms with Gasteiger partial charge in [-0.25, -0.2) is 18.3 Å². The first-order valence-electron chi connectivity index (χ1n) is 13.0. The van der Waals surface area contributed by atoms with Crippen LogP contribution in [0.15, 0.2) is 48.5 Å². The van der Waals surface area contributed by atoms with E-state index in [-0.39, 0.29) is 12.0 Å². The molecule has 0 bridgehead atoms. The molecule has 0 radical (unpaired) electrons. The van der Waals surface area contributed by atoms with E-state index in [1.807, 2.05) is 37.3 Å². The molecule has 2 amide bonds. The maximum atomic E-state index is 14.1. The maximum absolute atomic E-state index is 14.1. The molecule has 0 aliphatic carbocycles. The Hall–Kier alpha value is -3.54. The van der Waals surface area contributed by atoms with Gasteiger partial charge in [0.25, 0.3) is 0 Å². The van der Waals surface area contributed by atoms with Crippen molar-refractivity contribution in [2.45, 2.75) is 18.9 Å². The van der Waals surface area contributed by atoms with Gasteiger partial charge in [-0.2, -0.15) is 0 Å². The molecule has 2 aliphatic heterocycles. The fourth-order valence-electron chi connectivity index (χ4n) is 4.92. The van der Waals surface area contributed by atoms with Crippen LogP contribution in [0.1, 0.15) is 17.0 Å². The normalized spacial score (nSPS) is 19.6. The summed E-state index contributed by atoms with van der Waals surface area (Å²) in [7, 11) is 1.63. The number of aromatic nitrogens is 2. The minimum Gasteiger partial charge on any atom is -0.476 e. The summed E-state index contributed by atoms with van der Waals surface area (Å²) in [5.41, 5.74) is 2.09. The van der Waals surface area contributed by atoms with Crippen LogP contribution < -0.4 is 15.4 Å². The van der Waals surface area contributed by atoms with Gasteiger partial charge in [-0.1, -0.05) is 24.3 Å². The van der Waals surface area contributed by atoms with E-state index < -0.39 is 17.7 Å². The Labute approximate surface area is 226 Å². The molecular formula is C28H33F2N5O4. The average Bonchev–Trinajstić information content (AvgIpc) is 3.44. The van der Waals surface area contributed by atoms with Gasteiger partial charge < -0.3 is 19.5 Å². The summed E-state index contributed by atoms with van der Waals surface area (Å²) in [6, 6.07) is 12.6. The van der Waals surface area contributed by atoms with Gasteiger partial charge in [0, 0.05) is 38.6 Å². The lowest BCUT2D eigenvalue weighted by Crippen LogP contribution is -2.42. The highest BCUT2D eigenvalue weighted by Gasteiger charge is 2.35. The zero-order chi connectivity index (χ0) is 27.4. The van der Waals surface area contributed by atoms with Crippen LogP contribution in [0.2, 0.25) is 0 Å². The Morgan fingerprint density at radius 1 is 1.13 bits per heavy atom. The smallest absolute Gasteiger partial charge is 0.320 e. The lowest BCUT2D eigenvalue weighted by molar-refractivity contribution is -0.0515. The number of methoxy groups -OCH3 is 1. The van der Waals surface area contributed by atoms with Gasteiger partial charge in [0.15, 0.2) is 11.6 Å². The first-order chi connectivity index (χ1) is 18.9. The zero-order valence-corrected chi connectivity index (χ0v) is 22.0. The third-order valence-electron chi connectivity index (χ3n) is 7.17. The molecule has 0 spiro atoms. The van der Waals surface area contributed by atoms with Crippen LogP contribution in [-0.2, 0) is 9.47 Å². The van der Waals surface area contributed by atoms with Crippen molar-refractivity contribution >= 4 is 11.8 Å². The number of hydrogen-bond donors (Lipinski definition) is 2. The van der Waals surface area contributed by atoms with Gasteiger partial charge >= 0.3 is 6.03 Å². The number of hydrogen-bond acceptors (Lipinski definition) is 6. The summed E-state index contributed by atoms with van der Waals surface area (Å²) in [4.78, 5) is 15.5. The van der Waals surface area contributed by atoms with E-state index in [0.29, 0.717) is 74.8 Å². The minimum atomic E-state index is -0.908. The Balaban J connectivity index is 1.35. The number of ether oxygens (including phenoxy) is 3. The quantitative estimate of drug-likeness (QED) is 0.407. The number of rotatable bonds is 10. The van der Waals surface area contributed by atoms with E-state index in [9.17, 15) is 13.6 Å². The van der Waals surface area contributed by atoms with E-state index in [4.69, 9.17) is 14.2 Å². The molecule has 2 atom stereocenters.